The highest BCUT2D eigenvalue weighted by Crippen LogP contribution is 2.60. The molecule has 0 aromatic carbocycles. The molecular formula is C15H22. The second-order valence-corrected chi connectivity index (χ2v) is 5.99. The fourth-order valence-corrected chi connectivity index (χ4v) is 2.98. The van der Waals surface area contributed by atoms with E-state index in [1.54, 1.807) is 0 Å². The van der Waals surface area contributed by atoms with E-state index in [1.165, 1.54) is 29.6 Å². The van der Waals surface area contributed by atoms with Crippen molar-refractivity contribution in [2.75, 3.05) is 0 Å². The summed E-state index contributed by atoms with van der Waals surface area (Å²) in [5, 5.41) is 0. The Balaban J connectivity index is 2.22. The molecule has 0 spiro atoms. The van der Waals surface area contributed by atoms with E-state index in [4.69, 9.17) is 0 Å². The molecule has 0 saturated heterocycles. The second kappa shape index (κ2) is 3.37. The summed E-state index contributed by atoms with van der Waals surface area (Å²) in [5.74, 6) is 1.75. The SMILES string of the molecule is C=C(C)C/C=C1/C(=C)C2CC2CC1(C)C. The summed E-state index contributed by atoms with van der Waals surface area (Å²) in [7, 11) is 0. The Kier molecular flexibility index (Phi) is 2.41. The van der Waals surface area contributed by atoms with Crippen molar-refractivity contribution in [3.05, 3.63) is 36.0 Å². The molecule has 2 fully saturated rings. The number of allylic oxidation sites excluding steroid dienone is 4. The van der Waals surface area contributed by atoms with Gasteiger partial charge in [0.25, 0.3) is 0 Å². The van der Waals surface area contributed by atoms with Crippen LogP contribution < -0.4 is 0 Å². The smallest absolute Gasteiger partial charge is 0.0101 e. The zero-order chi connectivity index (χ0) is 11.2. The molecule has 0 heteroatoms. The summed E-state index contributed by atoms with van der Waals surface area (Å²) in [6, 6.07) is 0. The average Bonchev–Trinajstić information content (AvgIpc) is 2.80. The van der Waals surface area contributed by atoms with E-state index < -0.39 is 0 Å². The van der Waals surface area contributed by atoms with Gasteiger partial charge in [-0.15, -0.1) is 0 Å². The molecule has 0 radical (unpaired) electrons. The Morgan fingerprint density at radius 2 is 2.20 bits per heavy atom. The fraction of sp³-hybridized carbons (Fsp3) is 0.600. The van der Waals surface area contributed by atoms with E-state index >= 15 is 0 Å². The lowest BCUT2D eigenvalue weighted by Crippen LogP contribution is -2.22. The fourth-order valence-electron chi connectivity index (χ4n) is 2.98. The molecular weight excluding hydrogens is 180 g/mol. The van der Waals surface area contributed by atoms with Gasteiger partial charge >= 0.3 is 0 Å². The molecule has 2 atom stereocenters. The average molecular weight is 202 g/mol. The minimum absolute atomic E-state index is 0.338. The Labute approximate surface area is 93.8 Å². The van der Waals surface area contributed by atoms with Gasteiger partial charge in [0, 0.05) is 0 Å². The second-order valence-electron chi connectivity index (χ2n) is 5.99. The van der Waals surface area contributed by atoms with Gasteiger partial charge in [-0.25, -0.2) is 0 Å². The molecule has 2 rings (SSSR count). The summed E-state index contributed by atoms with van der Waals surface area (Å²) in [4.78, 5) is 0. The summed E-state index contributed by atoms with van der Waals surface area (Å²) < 4.78 is 0. The van der Waals surface area contributed by atoms with Gasteiger partial charge < -0.3 is 0 Å². The van der Waals surface area contributed by atoms with Crippen LogP contribution in [0.3, 0.4) is 0 Å². The quantitative estimate of drug-likeness (QED) is 0.578. The van der Waals surface area contributed by atoms with Crippen molar-refractivity contribution in [2.45, 2.75) is 40.0 Å². The molecule has 0 N–H and O–H groups in total. The topological polar surface area (TPSA) is 0 Å². The minimum Gasteiger partial charge on any atom is -0.0998 e. The normalized spacial score (nSPS) is 35.1. The number of hydrogen-bond donors (Lipinski definition) is 0. The monoisotopic (exact) mass is 202 g/mol. The van der Waals surface area contributed by atoms with Gasteiger partial charge in [0.05, 0.1) is 0 Å². The van der Waals surface area contributed by atoms with Crippen LogP contribution in [-0.4, -0.2) is 0 Å². The first-order valence-electron chi connectivity index (χ1n) is 5.96. The molecule has 82 valence electrons. The van der Waals surface area contributed by atoms with Crippen LogP contribution in [-0.2, 0) is 0 Å². The van der Waals surface area contributed by atoms with Crippen molar-refractivity contribution in [1.29, 1.82) is 0 Å². The summed E-state index contributed by atoms with van der Waals surface area (Å²) in [6.07, 6.45) is 6.10. The van der Waals surface area contributed by atoms with Crippen LogP contribution in [0.15, 0.2) is 36.0 Å². The van der Waals surface area contributed by atoms with Crippen molar-refractivity contribution in [2.24, 2.45) is 17.3 Å². The lowest BCUT2D eigenvalue weighted by Gasteiger charge is -2.34. The molecule has 2 unspecified atom stereocenters. The maximum atomic E-state index is 4.29. The van der Waals surface area contributed by atoms with Gasteiger partial charge in [-0.05, 0) is 54.6 Å². The largest absolute Gasteiger partial charge is 0.0998 e. The molecule has 15 heavy (non-hydrogen) atoms. The van der Waals surface area contributed by atoms with E-state index in [0.717, 1.165) is 18.3 Å². The third kappa shape index (κ3) is 1.95. The Hall–Kier alpha value is -0.780. The molecule has 0 heterocycles. The molecule has 2 saturated carbocycles. The molecule has 0 aliphatic heterocycles. The Bertz CT molecular complexity index is 341. The van der Waals surface area contributed by atoms with E-state index in [-0.39, 0.29) is 0 Å². The van der Waals surface area contributed by atoms with Crippen LogP contribution in [0.4, 0.5) is 0 Å². The zero-order valence-corrected chi connectivity index (χ0v) is 10.3. The van der Waals surface area contributed by atoms with Crippen LogP contribution >= 0.6 is 0 Å². The third-order valence-corrected chi connectivity index (χ3v) is 3.87. The molecule has 0 amide bonds. The maximum Gasteiger partial charge on any atom is -0.0101 e. The molecule has 0 aromatic heterocycles. The van der Waals surface area contributed by atoms with Gasteiger partial charge in [-0.2, -0.15) is 0 Å². The van der Waals surface area contributed by atoms with Crippen LogP contribution in [0, 0.1) is 17.3 Å². The van der Waals surface area contributed by atoms with Crippen molar-refractivity contribution in [1.82, 2.24) is 0 Å². The minimum atomic E-state index is 0.338. The van der Waals surface area contributed by atoms with Crippen molar-refractivity contribution in [3.8, 4) is 0 Å². The predicted molar refractivity (Wildman–Crippen MR) is 66.6 cm³/mol. The van der Waals surface area contributed by atoms with E-state index in [0.29, 0.717) is 5.41 Å². The van der Waals surface area contributed by atoms with Crippen LogP contribution in [0.2, 0.25) is 0 Å². The first-order valence-corrected chi connectivity index (χ1v) is 5.96. The summed E-state index contributed by atoms with van der Waals surface area (Å²) >= 11 is 0. The molecule has 2 aliphatic carbocycles. The van der Waals surface area contributed by atoms with Crippen molar-refractivity contribution in [3.63, 3.8) is 0 Å². The van der Waals surface area contributed by atoms with Gasteiger partial charge in [-0.3, -0.25) is 0 Å². The molecule has 0 nitrogen and oxygen atoms in total. The van der Waals surface area contributed by atoms with Gasteiger partial charge in [-0.1, -0.05) is 38.7 Å². The highest BCUT2D eigenvalue weighted by Gasteiger charge is 2.49. The first kappa shape index (κ1) is 10.7. The Morgan fingerprint density at radius 3 is 2.80 bits per heavy atom. The number of fused-ring (bicyclic) bond motifs is 1. The summed E-state index contributed by atoms with van der Waals surface area (Å²) in [6.45, 7) is 15.1. The third-order valence-electron chi connectivity index (χ3n) is 3.87. The van der Waals surface area contributed by atoms with Crippen LogP contribution in [0.25, 0.3) is 0 Å². The predicted octanol–water partition coefficient (Wildman–Crippen LogP) is 4.50. The highest BCUT2D eigenvalue weighted by atomic mass is 14.5. The lowest BCUT2D eigenvalue weighted by atomic mass is 9.71. The van der Waals surface area contributed by atoms with E-state index in [2.05, 4.69) is 40.0 Å². The molecule has 0 bridgehead atoms. The van der Waals surface area contributed by atoms with Gasteiger partial charge in [0.1, 0.15) is 0 Å². The van der Waals surface area contributed by atoms with E-state index in [9.17, 15) is 0 Å². The number of rotatable bonds is 2. The van der Waals surface area contributed by atoms with Crippen molar-refractivity contribution >= 4 is 0 Å². The molecule has 0 aromatic rings. The van der Waals surface area contributed by atoms with Crippen molar-refractivity contribution < 1.29 is 0 Å². The van der Waals surface area contributed by atoms with Crippen LogP contribution in [0.5, 0.6) is 0 Å². The Morgan fingerprint density at radius 1 is 1.53 bits per heavy atom. The van der Waals surface area contributed by atoms with E-state index in [1.807, 2.05) is 0 Å². The van der Waals surface area contributed by atoms with Crippen LogP contribution in [0.1, 0.15) is 40.0 Å². The highest BCUT2D eigenvalue weighted by molar-refractivity contribution is 5.42. The zero-order valence-electron chi connectivity index (χ0n) is 10.3. The lowest BCUT2D eigenvalue weighted by molar-refractivity contribution is 0.354. The van der Waals surface area contributed by atoms with Gasteiger partial charge in [0.15, 0.2) is 0 Å². The first-order chi connectivity index (χ1) is 6.92. The maximum absolute atomic E-state index is 4.29. The van der Waals surface area contributed by atoms with Gasteiger partial charge in [0.2, 0.25) is 0 Å². The standard InChI is InChI=1S/C15H22/c1-10(2)6-7-14-11(3)13-8-12(13)9-15(14,4)5/h7,12-13H,1,3,6,8-9H2,2,4-5H3/b14-7-. The number of hydrogen-bond acceptors (Lipinski definition) is 0. The molecule has 2 aliphatic rings. The summed E-state index contributed by atoms with van der Waals surface area (Å²) in [5.41, 5.74) is 4.50.